The minimum absolute atomic E-state index is 0. The van der Waals surface area contributed by atoms with Gasteiger partial charge in [0.05, 0.1) is 5.75 Å². The minimum Gasteiger partial charge on any atom is -0.197 e. The molecule has 0 aromatic rings. The van der Waals surface area contributed by atoms with Crippen molar-refractivity contribution in [2.45, 2.75) is 19.8 Å². The summed E-state index contributed by atoms with van der Waals surface area (Å²) in [5, 5.41) is 0. The largest absolute Gasteiger partial charge is 0.297 e. The molecule has 0 amide bonds. The lowest BCUT2D eigenvalue weighted by atomic mass is 10.4. The molecule has 0 radical (unpaired) electrons. The van der Waals surface area contributed by atoms with Crippen molar-refractivity contribution >= 4 is 34.1 Å². The molecule has 6 heteroatoms. The Morgan fingerprint density at radius 3 is 2.30 bits per heavy atom. The molecule has 0 heterocycles. The van der Waals surface area contributed by atoms with E-state index in [1.54, 1.807) is 0 Å². The molecule has 64 valence electrons. The number of hydrogen-bond donors (Lipinski definition) is 0. The fourth-order valence-electron chi connectivity index (χ4n) is 0.353. The second-order valence-corrected chi connectivity index (χ2v) is 3.33. The Labute approximate surface area is 77.0 Å². The lowest BCUT2D eigenvalue weighted by molar-refractivity contribution is 0.00290. The Bertz CT molecular complexity index is 156. The van der Waals surface area contributed by atoms with E-state index in [1.165, 1.54) is 0 Å². The van der Waals surface area contributed by atoms with Gasteiger partial charge in [-0.05, 0) is 10.9 Å². The summed E-state index contributed by atoms with van der Waals surface area (Å²) in [6, 6.07) is 0. The molecule has 0 unspecified atom stereocenters. The maximum Gasteiger partial charge on any atom is 0.297 e. The Hall–Kier alpha value is 0.570. The van der Waals surface area contributed by atoms with Gasteiger partial charge in [-0.25, -0.2) is 0 Å². The first-order chi connectivity index (χ1) is 4.12. The van der Waals surface area contributed by atoms with E-state index in [1.807, 2.05) is 6.92 Å². The van der Waals surface area contributed by atoms with Gasteiger partial charge >= 0.3 is 0 Å². The first kappa shape index (κ1) is 13.2. The molecule has 0 atom stereocenters. The smallest absolute Gasteiger partial charge is 0.197 e. The summed E-state index contributed by atoms with van der Waals surface area (Å²) in [6.07, 6.45) is 1.15. The highest BCUT2D eigenvalue weighted by molar-refractivity contribution is 14.0. The Morgan fingerprint density at radius 1 is 1.50 bits per heavy atom. The molecular formula is C4H10FIO3S. The lowest BCUT2D eigenvalue weighted by Crippen LogP contribution is -2.04. The van der Waals surface area contributed by atoms with Crippen molar-refractivity contribution in [3.8, 4) is 0 Å². The van der Waals surface area contributed by atoms with Gasteiger partial charge in [-0.3, -0.25) is 0 Å². The molecule has 3 nitrogen and oxygen atoms in total. The van der Waals surface area contributed by atoms with Crippen LogP contribution in [-0.4, -0.2) is 14.2 Å². The van der Waals surface area contributed by atoms with Crippen LogP contribution in [0, 0.1) is 0 Å². The predicted octanol–water partition coefficient (Wildman–Crippen LogP) is 1.64. The van der Waals surface area contributed by atoms with Crippen LogP contribution in [0.2, 0.25) is 0 Å². The van der Waals surface area contributed by atoms with E-state index in [9.17, 15) is 12.9 Å². The third kappa shape index (κ3) is 6.69. The van der Waals surface area contributed by atoms with E-state index in [2.05, 4.69) is 4.39 Å². The van der Waals surface area contributed by atoms with Crippen LogP contribution in [0.15, 0.2) is 0 Å². The highest BCUT2D eigenvalue weighted by atomic mass is 127. The van der Waals surface area contributed by atoms with E-state index in [0.717, 1.165) is 0 Å². The maximum absolute atomic E-state index is 11.0. The summed E-state index contributed by atoms with van der Waals surface area (Å²) < 4.78 is 34.0. The molecule has 0 aliphatic rings. The number of hydrogen-bond acceptors (Lipinski definition) is 3. The van der Waals surface area contributed by atoms with Crippen LogP contribution in [0.3, 0.4) is 0 Å². The highest BCUT2D eigenvalue weighted by Gasteiger charge is 2.08. The van der Waals surface area contributed by atoms with Crippen LogP contribution < -0.4 is 0 Å². The first-order valence-electron chi connectivity index (χ1n) is 2.65. The summed E-state index contributed by atoms with van der Waals surface area (Å²) in [6.45, 7) is 1.81. The molecular weight excluding hydrogens is 274 g/mol. The summed E-state index contributed by atoms with van der Waals surface area (Å²) in [5.41, 5.74) is 0. The highest BCUT2D eigenvalue weighted by Crippen LogP contribution is 1.98. The van der Waals surface area contributed by atoms with Crippen LogP contribution in [0.5, 0.6) is 0 Å². The van der Waals surface area contributed by atoms with Gasteiger partial charge in [0.25, 0.3) is 10.1 Å². The minimum atomic E-state index is -3.85. The molecule has 0 aromatic carbocycles. The van der Waals surface area contributed by atoms with Gasteiger partial charge in [0, 0.05) is 0 Å². The van der Waals surface area contributed by atoms with Crippen molar-refractivity contribution in [2.75, 3.05) is 5.75 Å². The molecule has 0 bridgehead atoms. The van der Waals surface area contributed by atoms with Gasteiger partial charge in [-0.2, -0.15) is 8.42 Å². The van der Waals surface area contributed by atoms with Crippen LogP contribution >= 0.6 is 24.0 Å². The van der Waals surface area contributed by atoms with E-state index in [-0.39, 0.29) is 29.7 Å². The first-order valence-corrected chi connectivity index (χ1v) is 4.23. The summed E-state index contributed by atoms with van der Waals surface area (Å²) in [4.78, 5) is 0. The summed E-state index contributed by atoms with van der Waals surface area (Å²) >= 11 is 0. The van der Waals surface area contributed by atoms with Crippen molar-refractivity contribution in [2.24, 2.45) is 0 Å². The zero-order valence-electron chi connectivity index (χ0n) is 5.54. The Morgan fingerprint density at radius 2 is 2.00 bits per heavy atom. The van der Waals surface area contributed by atoms with Gasteiger partial charge < -0.3 is 0 Å². The number of unbranched alkanes of at least 4 members (excludes halogenated alkanes) is 1. The molecule has 0 N–H and O–H groups in total. The van der Waals surface area contributed by atoms with E-state index in [4.69, 9.17) is 0 Å². The normalized spacial score (nSPS) is 10.6. The zero-order chi connectivity index (χ0) is 7.33. The molecule has 0 saturated heterocycles. The van der Waals surface area contributed by atoms with E-state index in [0.29, 0.717) is 12.8 Å². The molecule has 0 rings (SSSR count). The van der Waals surface area contributed by atoms with Gasteiger partial charge in [0.15, 0.2) is 0 Å². The Balaban J connectivity index is 0. The third-order valence-corrected chi connectivity index (χ3v) is 1.82. The SMILES string of the molecule is CCCCS(=O)(=O)OF.I. The molecule has 0 aromatic heterocycles. The van der Waals surface area contributed by atoms with E-state index >= 15 is 0 Å². The zero-order valence-corrected chi connectivity index (χ0v) is 8.69. The lowest BCUT2D eigenvalue weighted by Gasteiger charge is -1.92. The summed E-state index contributed by atoms with van der Waals surface area (Å²) in [5.74, 6) is -0.236. The predicted molar refractivity (Wildman–Crippen MR) is 46.3 cm³/mol. The van der Waals surface area contributed by atoms with Gasteiger partial charge in [0.1, 0.15) is 0 Å². The van der Waals surface area contributed by atoms with Gasteiger partial charge in [-0.15, -0.1) is 24.0 Å². The van der Waals surface area contributed by atoms with Crippen molar-refractivity contribution in [3.05, 3.63) is 0 Å². The second kappa shape index (κ2) is 6.29. The average Bonchev–Trinajstić information content (AvgIpc) is 1.84. The van der Waals surface area contributed by atoms with Gasteiger partial charge in [0.2, 0.25) is 0 Å². The average molecular weight is 284 g/mol. The molecule has 0 saturated carbocycles. The quantitative estimate of drug-likeness (QED) is 0.737. The number of rotatable bonds is 4. The fraction of sp³-hybridized carbons (Fsp3) is 1.00. The van der Waals surface area contributed by atoms with E-state index < -0.39 is 10.1 Å². The van der Waals surface area contributed by atoms with Crippen LogP contribution in [0.1, 0.15) is 19.8 Å². The third-order valence-electron chi connectivity index (χ3n) is 0.844. The number of halogens is 2. The molecule has 0 aliphatic heterocycles. The van der Waals surface area contributed by atoms with Crippen molar-refractivity contribution in [3.63, 3.8) is 0 Å². The monoisotopic (exact) mass is 284 g/mol. The van der Waals surface area contributed by atoms with Crippen molar-refractivity contribution in [1.29, 1.82) is 0 Å². The topological polar surface area (TPSA) is 43.4 Å². The molecule has 10 heavy (non-hydrogen) atoms. The maximum atomic E-state index is 11.0. The Kier molecular flexibility index (Phi) is 8.29. The fourth-order valence-corrected chi connectivity index (χ4v) is 1.06. The van der Waals surface area contributed by atoms with Crippen molar-refractivity contribution < 1.29 is 17.3 Å². The van der Waals surface area contributed by atoms with Gasteiger partial charge in [-0.1, -0.05) is 17.7 Å². The van der Waals surface area contributed by atoms with Crippen molar-refractivity contribution in [1.82, 2.24) is 0 Å². The molecule has 0 spiro atoms. The van der Waals surface area contributed by atoms with Crippen LogP contribution in [0.4, 0.5) is 4.53 Å². The van der Waals surface area contributed by atoms with Crippen LogP contribution in [0.25, 0.3) is 0 Å². The molecule has 0 aliphatic carbocycles. The standard InChI is InChI=1S/C4H9FO3S.HI/c1-2-3-4-9(6,7)8-5;/h2-4H2,1H3;1H. The van der Waals surface area contributed by atoms with Crippen LogP contribution in [-0.2, 0) is 14.5 Å². The second-order valence-electron chi connectivity index (χ2n) is 1.68. The summed E-state index contributed by atoms with van der Waals surface area (Å²) in [7, 11) is -3.85. The molecule has 0 fully saturated rings.